The van der Waals surface area contributed by atoms with Crippen LogP contribution in [0.4, 0.5) is 5.95 Å². The van der Waals surface area contributed by atoms with Crippen molar-refractivity contribution >= 4 is 31.4 Å². The van der Waals surface area contributed by atoms with E-state index in [4.69, 9.17) is 5.10 Å². The van der Waals surface area contributed by atoms with Crippen molar-refractivity contribution < 1.29 is 0 Å². The second-order valence-corrected chi connectivity index (χ2v) is 11.0. The van der Waals surface area contributed by atoms with Crippen molar-refractivity contribution in [2.75, 3.05) is 11.4 Å². The summed E-state index contributed by atoms with van der Waals surface area (Å²) in [7, 11) is 5.10. The maximum atomic E-state index is 5.36. The molecule has 0 radical (unpaired) electrons. The van der Waals surface area contributed by atoms with Crippen LogP contribution in [0.5, 0.6) is 0 Å². The Morgan fingerprint density at radius 1 is 1.00 bits per heavy atom. The van der Waals surface area contributed by atoms with E-state index < -0.39 is 0 Å². The molecule has 7 heteroatoms. The number of benzene rings is 2. The van der Waals surface area contributed by atoms with Crippen LogP contribution in [-0.2, 0) is 32.9 Å². The molecule has 0 bridgehead atoms. The van der Waals surface area contributed by atoms with Gasteiger partial charge in [-0.15, -0.1) is 9.24 Å². The van der Waals surface area contributed by atoms with Gasteiger partial charge in [-0.05, 0) is 66.4 Å². The fraction of sp³-hybridized carbons (Fsp3) is 0.323. The zero-order valence-electron chi connectivity index (χ0n) is 22.9. The van der Waals surface area contributed by atoms with E-state index in [0.29, 0.717) is 0 Å². The Labute approximate surface area is 226 Å². The molecule has 2 aromatic carbocycles. The van der Waals surface area contributed by atoms with Gasteiger partial charge in [0.1, 0.15) is 0 Å². The highest BCUT2D eigenvalue weighted by atomic mass is 31.0. The van der Waals surface area contributed by atoms with Gasteiger partial charge in [0.2, 0.25) is 5.95 Å². The summed E-state index contributed by atoms with van der Waals surface area (Å²) in [5.74, 6) is 0.781. The smallest absolute Gasteiger partial charge is 0.225 e. The van der Waals surface area contributed by atoms with Gasteiger partial charge in [-0.1, -0.05) is 32.0 Å². The number of para-hydroxylation sites is 1. The fourth-order valence-corrected chi connectivity index (χ4v) is 6.21. The standard InChI is InChI=1S/C31H35N6P/c1-6-21-9-8-10-22(7-2)29(21)37-30(24-15-27(38)20(4)28-23(24)11-13-35(28)5)25-18-36(14-12-26(25)34-37)31-32-16-19(3)17-33-31/h8-11,13,15-17H,6-7,12,14,18,38H2,1-5H3. The van der Waals surface area contributed by atoms with Crippen molar-refractivity contribution in [3.8, 4) is 16.9 Å². The SMILES string of the molecule is CCc1cccc(CC)c1-n1nc2c(c1-c1cc(P)c(C)c3c1ccn3C)CN(c1ncc(C)cn1)CC2. The average molecular weight is 523 g/mol. The van der Waals surface area contributed by atoms with Crippen molar-refractivity contribution in [3.05, 3.63) is 82.4 Å². The summed E-state index contributed by atoms with van der Waals surface area (Å²) in [6, 6.07) is 11.3. The molecule has 6 rings (SSSR count). The van der Waals surface area contributed by atoms with Gasteiger partial charge in [0.05, 0.1) is 22.6 Å². The maximum Gasteiger partial charge on any atom is 0.225 e. The summed E-state index contributed by atoms with van der Waals surface area (Å²) in [6.45, 7) is 10.3. The predicted molar refractivity (Wildman–Crippen MR) is 160 cm³/mol. The molecule has 0 aliphatic carbocycles. The van der Waals surface area contributed by atoms with Gasteiger partial charge in [0.25, 0.3) is 0 Å². The average Bonchev–Trinajstić information content (AvgIpc) is 3.51. The zero-order chi connectivity index (χ0) is 26.6. The van der Waals surface area contributed by atoms with E-state index in [9.17, 15) is 0 Å². The molecule has 0 saturated heterocycles. The Hall–Kier alpha value is -3.50. The highest BCUT2D eigenvalue weighted by Gasteiger charge is 2.30. The first-order valence-electron chi connectivity index (χ1n) is 13.5. The minimum Gasteiger partial charge on any atom is -0.350 e. The maximum absolute atomic E-state index is 5.36. The predicted octanol–water partition coefficient (Wildman–Crippen LogP) is 5.63. The number of aromatic nitrogens is 5. The number of fused-ring (bicyclic) bond motifs is 2. The number of hydrogen-bond donors (Lipinski definition) is 0. The first kappa shape index (κ1) is 24.8. The third kappa shape index (κ3) is 3.94. The summed E-state index contributed by atoms with van der Waals surface area (Å²) in [5, 5.41) is 7.83. The van der Waals surface area contributed by atoms with Crippen LogP contribution in [0, 0.1) is 13.8 Å². The molecule has 6 nitrogen and oxygen atoms in total. The molecule has 4 heterocycles. The Morgan fingerprint density at radius 3 is 2.39 bits per heavy atom. The largest absolute Gasteiger partial charge is 0.350 e. The number of aryl methyl sites for hydroxylation is 5. The molecule has 0 saturated carbocycles. The molecule has 0 amide bonds. The van der Waals surface area contributed by atoms with Gasteiger partial charge in [-0.2, -0.15) is 5.10 Å². The lowest BCUT2D eigenvalue weighted by atomic mass is 9.96. The number of rotatable bonds is 5. The Kier molecular flexibility index (Phi) is 6.31. The summed E-state index contributed by atoms with van der Waals surface area (Å²) < 4.78 is 4.50. The summed E-state index contributed by atoms with van der Waals surface area (Å²) >= 11 is 0. The van der Waals surface area contributed by atoms with Crippen LogP contribution in [0.3, 0.4) is 0 Å². The molecule has 0 spiro atoms. The lowest BCUT2D eigenvalue weighted by molar-refractivity contribution is 0.694. The Balaban J connectivity index is 1.65. The van der Waals surface area contributed by atoms with Crippen molar-refractivity contribution in [1.29, 1.82) is 0 Å². The van der Waals surface area contributed by atoms with Crippen molar-refractivity contribution in [2.45, 2.75) is 53.5 Å². The van der Waals surface area contributed by atoms with E-state index in [1.165, 1.54) is 61.1 Å². The Bertz CT molecular complexity index is 1640. The third-order valence-corrected chi connectivity index (χ3v) is 8.57. The molecule has 0 fully saturated rings. The van der Waals surface area contributed by atoms with Gasteiger partial charge in [-0.25, -0.2) is 14.6 Å². The zero-order valence-corrected chi connectivity index (χ0v) is 24.1. The van der Waals surface area contributed by atoms with Crippen LogP contribution in [0.25, 0.3) is 27.8 Å². The quantitative estimate of drug-likeness (QED) is 0.281. The van der Waals surface area contributed by atoms with Gasteiger partial charge in [0, 0.05) is 61.7 Å². The number of hydrogen-bond acceptors (Lipinski definition) is 4. The first-order valence-corrected chi connectivity index (χ1v) is 14.1. The number of anilines is 1. The normalized spacial score (nSPS) is 13.4. The topological polar surface area (TPSA) is 51.8 Å². The molecular formula is C31H35N6P. The molecule has 38 heavy (non-hydrogen) atoms. The van der Waals surface area contributed by atoms with Crippen LogP contribution in [0.15, 0.2) is 48.9 Å². The monoisotopic (exact) mass is 522 g/mol. The molecule has 1 unspecified atom stereocenters. The van der Waals surface area contributed by atoms with Crippen LogP contribution in [-0.4, -0.2) is 30.9 Å². The van der Waals surface area contributed by atoms with E-state index in [2.05, 4.69) is 97.7 Å². The molecule has 5 aromatic rings. The molecule has 194 valence electrons. The van der Waals surface area contributed by atoms with Crippen LogP contribution >= 0.6 is 9.24 Å². The molecular weight excluding hydrogens is 487 g/mol. The van der Waals surface area contributed by atoms with Gasteiger partial charge in [0.15, 0.2) is 0 Å². The van der Waals surface area contributed by atoms with Crippen LogP contribution in [0.1, 0.15) is 47.4 Å². The van der Waals surface area contributed by atoms with E-state index >= 15 is 0 Å². The first-order chi connectivity index (χ1) is 18.4. The van der Waals surface area contributed by atoms with Gasteiger partial charge in [-0.3, -0.25) is 0 Å². The lowest BCUT2D eigenvalue weighted by Gasteiger charge is -2.27. The van der Waals surface area contributed by atoms with Crippen molar-refractivity contribution in [1.82, 2.24) is 24.3 Å². The summed E-state index contributed by atoms with van der Waals surface area (Å²) in [6.07, 6.45) is 8.75. The van der Waals surface area contributed by atoms with Crippen molar-refractivity contribution in [3.63, 3.8) is 0 Å². The van der Waals surface area contributed by atoms with Gasteiger partial charge >= 0.3 is 0 Å². The molecule has 0 N–H and O–H groups in total. The highest BCUT2D eigenvalue weighted by Crippen LogP contribution is 2.39. The summed E-state index contributed by atoms with van der Waals surface area (Å²) in [4.78, 5) is 11.6. The second kappa shape index (κ2) is 9.67. The summed E-state index contributed by atoms with van der Waals surface area (Å²) in [5.41, 5.74) is 12.4. The lowest BCUT2D eigenvalue weighted by Crippen LogP contribution is -2.31. The highest BCUT2D eigenvalue weighted by molar-refractivity contribution is 7.27. The van der Waals surface area contributed by atoms with Crippen LogP contribution < -0.4 is 10.2 Å². The Morgan fingerprint density at radius 2 is 1.71 bits per heavy atom. The van der Waals surface area contributed by atoms with Crippen LogP contribution in [0.2, 0.25) is 0 Å². The molecule has 1 atom stereocenters. The minimum atomic E-state index is 0.734. The van der Waals surface area contributed by atoms with E-state index in [-0.39, 0.29) is 0 Å². The van der Waals surface area contributed by atoms with E-state index in [0.717, 1.165) is 43.9 Å². The van der Waals surface area contributed by atoms with E-state index in [1.54, 1.807) is 0 Å². The minimum absolute atomic E-state index is 0.734. The van der Waals surface area contributed by atoms with E-state index in [1.807, 2.05) is 19.3 Å². The molecule has 1 aliphatic heterocycles. The number of nitrogens with zero attached hydrogens (tertiary/aromatic N) is 6. The van der Waals surface area contributed by atoms with Crippen molar-refractivity contribution in [2.24, 2.45) is 7.05 Å². The molecule has 3 aromatic heterocycles. The molecule has 1 aliphatic rings. The van der Waals surface area contributed by atoms with Gasteiger partial charge < -0.3 is 9.47 Å². The fourth-order valence-electron chi connectivity index (χ4n) is 5.91. The third-order valence-electron chi connectivity index (χ3n) is 7.97. The second-order valence-electron chi connectivity index (χ2n) is 10.4.